The topological polar surface area (TPSA) is 31.2 Å². The van der Waals surface area contributed by atoms with Crippen LogP contribution in [0, 0.1) is 0 Å². The fourth-order valence-electron chi connectivity index (χ4n) is 3.42. The average Bonchev–Trinajstić information content (AvgIpc) is 2.71. The number of benzene rings is 3. The molecule has 0 N–H and O–H groups in total. The molecular weight excluding hydrogens is 402 g/mol. The summed E-state index contributed by atoms with van der Waals surface area (Å²) in [6.45, 7) is 0.464. The normalized spacial score (nSPS) is 10.9. The van der Waals surface area contributed by atoms with Crippen LogP contribution in [0.4, 0.5) is 0 Å². The largest absolute Gasteiger partial charge is 0.491 e. The minimum Gasteiger partial charge on any atom is -0.491 e. The molecule has 0 spiro atoms. The van der Waals surface area contributed by atoms with Gasteiger partial charge in [0.25, 0.3) is 5.56 Å². The summed E-state index contributed by atoms with van der Waals surface area (Å²) in [6, 6.07) is 25.8. The third-order valence-corrected chi connectivity index (χ3v) is 5.46. The van der Waals surface area contributed by atoms with Crippen molar-refractivity contribution in [1.82, 2.24) is 4.57 Å². The Labute approximate surface area is 166 Å². The van der Waals surface area contributed by atoms with Crippen LogP contribution in [-0.4, -0.2) is 11.7 Å². The zero-order valence-electron chi connectivity index (χ0n) is 14.9. The van der Waals surface area contributed by atoms with Crippen molar-refractivity contribution >= 4 is 26.8 Å². The molecule has 0 atom stereocenters. The lowest BCUT2D eigenvalue weighted by molar-refractivity contribution is 0.407. The predicted molar refractivity (Wildman–Crippen MR) is 113 cm³/mol. The Morgan fingerprint density at radius 3 is 2.30 bits per heavy atom. The van der Waals surface area contributed by atoms with Crippen LogP contribution in [0.1, 0.15) is 5.56 Å². The summed E-state index contributed by atoms with van der Waals surface area (Å²) in [7, 11) is 1.56. The highest BCUT2D eigenvalue weighted by Crippen LogP contribution is 2.34. The van der Waals surface area contributed by atoms with E-state index in [2.05, 4.69) is 15.9 Å². The van der Waals surface area contributed by atoms with E-state index in [1.54, 1.807) is 11.7 Å². The summed E-state index contributed by atoms with van der Waals surface area (Å²) < 4.78 is 8.36. The van der Waals surface area contributed by atoms with E-state index in [0.29, 0.717) is 12.3 Å². The zero-order chi connectivity index (χ0) is 18.8. The quantitative estimate of drug-likeness (QED) is 0.437. The van der Waals surface area contributed by atoms with E-state index in [0.717, 1.165) is 32.1 Å². The van der Waals surface area contributed by atoms with Gasteiger partial charge in [-0.15, -0.1) is 0 Å². The third-order valence-electron chi connectivity index (χ3n) is 4.68. The van der Waals surface area contributed by atoms with Gasteiger partial charge in [-0.3, -0.25) is 4.79 Å². The van der Waals surface area contributed by atoms with Gasteiger partial charge in [-0.05, 0) is 23.3 Å². The van der Waals surface area contributed by atoms with Crippen molar-refractivity contribution < 1.29 is 4.74 Å². The number of rotatable bonds is 4. The molecule has 1 heterocycles. The Balaban J connectivity index is 2.04. The first-order valence-corrected chi connectivity index (χ1v) is 9.48. The number of aromatic nitrogens is 1. The van der Waals surface area contributed by atoms with Gasteiger partial charge >= 0.3 is 0 Å². The molecule has 134 valence electrons. The molecule has 4 aromatic rings. The number of ether oxygens (including phenoxy) is 1. The molecule has 0 aliphatic rings. The molecule has 0 fully saturated rings. The van der Waals surface area contributed by atoms with Crippen molar-refractivity contribution in [1.29, 1.82) is 0 Å². The molecule has 0 saturated carbocycles. The highest BCUT2D eigenvalue weighted by Gasteiger charge is 2.19. The Kier molecular flexibility index (Phi) is 4.82. The van der Waals surface area contributed by atoms with E-state index in [-0.39, 0.29) is 5.56 Å². The standard InChI is InChI=1S/C23H18BrNO2/c1-27-22-21(16-9-3-2-4-10-16)18-12-6-8-14-20(18)25(23(22)26)15-17-11-5-7-13-19(17)24/h2-14H,15H2,1H3. The van der Waals surface area contributed by atoms with Crippen molar-refractivity contribution in [3.05, 3.63) is 99.3 Å². The molecule has 0 aliphatic heterocycles. The lowest BCUT2D eigenvalue weighted by Crippen LogP contribution is -2.23. The number of hydrogen-bond donors (Lipinski definition) is 0. The van der Waals surface area contributed by atoms with Gasteiger partial charge in [0, 0.05) is 15.4 Å². The van der Waals surface area contributed by atoms with Crippen molar-refractivity contribution in [2.45, 2.75) is 6.54 Å². The van der Waals surface area contributed by atoms with E-state index in [9.17, 15) is 4.79 Å². The molecule has 0 radical (unpaired) electrons. The number of methoxy groups -OCH3 is 1. The first-order chi connectivity index (χ1) is 13.2. The second-order valence-corrected chi connectivity index (χ2v) is 7.13. The van der Waals surface area contributed by atoms with E-state index in [4.69, 9.17) is 4.74 Å². The summed E-state index contributed by atoms with van der Waals surface area (Å²) >= 11 is 3.58. The minimum absolute atomic E-state index is 0.134. The maximum atomic E-state index is 13.3. The number of para-hydroxylation sites is 1. The molecular formula is C23H18BrNO2. The lowest BCUT2D eigenvalue weighted by atomic mass is 9.99. The molecule has 27 heavy (non-hydrogen) atoms. The van der Waals surface area contributed by atoms with Gasteiger partial charge in [0.1, 0.15) is 0 Å². The number of pyridine rings is 1. The Morgan fingerprint density at radius 2 is 1.56 bits per heavy atom. The fourth-order valence-corrected chi connectivity index (χ4v) is 3.83. The van der Waals surface area contributed by atoms with Gasteiger partial charge in [0.2, 0.25) is 0 Å². The molecule has 0 saturated heterocycles. The SMILES string of the molecule is COc1c(-c2ccccc2)c2ccccc2n(Cc2ccccc2Br)c1=O. The number of fused-ring (bicyclic) bond motifs is 1. The summed E-state index contributed by atoms with van der Waals surface area (Å²) in [5.74, 6) is 0.368. The van der Waals surface area contributed by atoms with Crippen LogP contribution in [0.2, 0.25) is 0 Å². The van der Waals surface area contributed by atoms with Gasteiger partial charge in [0.05, 0.1) is 19.2 Å². The van der Waals surface area contributed by atoms with E-state index in [1.807, 2.05) is 78.9 Å². The van der Waals surface area contributed by atoms with Crippen LogP contribution < -0.4 is 10.3 Å². The molecule has 4 rings (SSSR count). The zero-order valence-corrected chi connectivity index (χ0v) is 16.4. The Morgan fingerprint density at radius 1 is 0.889 bits per heavy atom. The highest BCUT2D eigenvalue weighted by molar-refractivity contribution is 9.10. The second kappa shape index (κ2) is 7.41. The number of hydrogen-bond acceptors (Lipinski definition) is 2. The molecule has 3 nitrogen and oxygen atoms in total. The minimum atomic E-state index is -0.134. The van der Waals surface area contributed by atoms with Crippen LogP contribution in [0.3, 0.4) is 0 Å². The van der Waals surface area contributed by atoms with Gasteiger partial charge in [-0.25, -0.2) is 0 Å². The smallest absolute Gasteiger partial charge is 0.294 e. The van der Waals surface area contributed by atoms with Crippen molar-refractivity contribution in [3.63, 3.8) is 0 Å². The molecule has 0 unspecified atom stereocenters. The first kappa shape index (κ1) is 17.6. The van der Waals surface area contributed by atoms with Crippen LogP contribution >= 0.6 is 15.9 Å². The molecule has 0 amide bonds. The maximum Gasteiger partial charge on any atom is 0.294 e. The summed E-state index contributed by atoms with van der Waals surface area (Å²) in [5.41, 5.74) is 3.60. The summed E-state index contributed by atoms with van der Waals surface area (Å²) in [4.78, 5) is 13.3. The third kappa shape index (κ3) is 3.17. The Hall–Kier alpha value is -2.85. The number of halogens is 1. The second-order valence-electron chi connectivity index (χ2n) is 6.27. The lowest BCUT2D eigenvalue weighted by Gasteiger charge is -2.18. The van der Waals surface area contributed by atoms with Crippen molar-refractivity contribution in [2.75, 3.05) is 7.11 Å². The first-order valence-electron chi connectivity index (χ1n) is 8.69. The average molecular weight is 420 g/mol. The number of nitrogens with zero attached hydrogens (tertiary/aromatic N) is 1. The van der Waals surface area contributed by atoms with Crippen molar-refractivity contribution in [3.8, 4) is 16.9 Å². The van der Waals surface area contributed by atoms with E-state index in [1.165, 1.54) is 0 Å². The molecule has 0 bridgehead atoms. The summed E-state index contributed by atoms with van der Waals surface area (Å²) in [5, 5.41) is 0.993. The maximum absolute atomic E-state index is 13.3. The van der Waals surface area contributed by atoms with E-state index < -0.39 is 0 Å². The monoisotopic (exact) mass is 419 g/mol. The molecule has 0 aliphatic carbocycles. The van der Waals surface area contributed by atoms with E-state index >= 15 is 0 Å². The van der Waals surface area contributed by atoms with Gasteiger partial charge in [-0.2, -0.15) is 0 Å². The molecule has 4 heteroatoms. The Bertz CT molecular complexity index is 1170. The van der Waals surface area contributed by atoms with Crippen LogP contribution in [0.15, 0.2) is 88.1 Å². The van der Waals surface area contributed by atoms with Gasteiger partial charge < -0.3 is 9.30 Å². The summed E-state index contributed by atoms with van der Waals surface area (Å²) in [6.07, 6.45) is 0. The van der Waals surface area contributed by atoms with Crippen LogP contribution in [0.5, 0.6) is 5.75 Å². The predicted octanol–water partition coefficient (Wildman–Crippen LogP) is 5.49. The van der Waals surface area contributed by atoms with Gasteiger partial charge in [0.15, 0.2) is 5.75 Å². The van der Waals surface area contributed by atoms with Crippen molar-refractivity contribution in [2.24, 2.45) is 0 Å². The molecule has 3 aromatic carbocycles. The van der Waals surface area contributed by atoms with Crippen LogP contribution in [-0.2, 0) is 6.54 Å². The fraction of sp³-hybridized carbons (Fsp3) is 0.0870. The highest BCUT2D eigenvalue weighted by atomic mass is 79.9. The van der Waals surface area contributed by atoms with Crippen LogP contribution in [0.25, 0.3) is 22.0 Å². The van der Waals surface area contributed by atoms with Gasteiger partial charge in [-0.1, -0.05) is 82.7 Å². The molecule has 1 aromatic heterocycles.